The molecule has 0 aromatic heterocycles. The van der Waals surface area contributed by atoms with Crippen molar-refractivity contribution in [3.05, 3.63) is 0 Å². The number of alkyl halides is 1. The third-order valence-electron chi connectivity index (χ3n) is 1.96. The van der Waals surface area contributed by atoms with Crippen molar-refractivity contribution in [1.29, 1.82) is 0 Å². The molecule has 4 nitrogen and oxygen atoms in total. The zero-order chi connectivity index (χ0) is 9.84. The van der Waals surface area contributed by atoms with E-state index in [9.17, 15) is 9.59 Å². The molecule has 5 heteroatoms. The molecule has 1 saturated heterocycles. The number of amides is 2. The SMILES string of the molecule is C[C@H]1NC(=O)CN(CCCCl)C1=O. The van der Waals surface area contributed by atoms with E-state index in [2.05, 4.69) is 5.32 Å². The third-order valence-corrected chi connectivity index (χ3v) is 2.22. The van der Waals surface area contributed by atoms with E-state index in [1.54, 1.807) is 11.8 Å². The molecule has 1 aliphatic heterocycles. The minimum absolute atomic E-state index is 0.0234. The zero-order valence-electron chi connectivity index (χ0n) is 7.55. The van der Waals surface area contributed by atoms with E-state index in [1.165, 1.54) is 0 Å². The van der Waals surface area contributed by atoms with E-state index in [-0.39, 0.29) is 18.4 Å². The van der Waals surface area contributed by atoms with Crippen molar-refractivity contribution in [1.82, 2.24) is 10.2 Å². The highest BCUT2D eigenvalue weighted by Crippen LogP contribution is 2.03. The van der Waals surface area contributed by atoms with Crippen LogP contribution in [0.15, 0.2) is 0 Å². The summed E-state index contributed by atoms with van der Waals surface area (Å²) in [6, 6.07) is -0.392. The second kappa shape index (κ2) is 4.46. The number of piperazine rings is 1. The van der Waals surface area contributed by atoms with Crippen LogP contribution in [0.4, 0.5) is 0 Å². The maximum Gasteiger partial charge on any atom is 0.245 e. The van der Waals surface area contributed by atoms with Gasteiger partial charge in [0.25, 0.3) is 0 Å². The van der Waals surface area contributed by atoms with Gasteiger partial charge in [-0.05, 0) is 13.3 Å². The van der Waals surface area contributed by atoms with Crippen molar-refractivity contribution < 1.29 is 9.59 Å². The molecule has 0 bridgehead atoms. The van der Waals surface area contributed by atoms with Crippen molar-refractivity contribution in [2.75, 3.05) is 19.0 Å². The summed E-state index contributed by atoms with van der Waals surface area (Å²) in [5.41, 5.74) is 0. The van der Waals surface area contributed by atoms with Gasteiger partial charge in [0.1, 0.15) is 6.04 Å². The molecule has 0 saturated carbocycles. The van der Waals surface area contributed by atoms with E-state index in [4.69, 9.17) is 11.6 Å². The minimum atomic E-state index is -0.392. The average molecular weight is 205 g/mol. The predicted octanol–water partition coefficient (Wildman–Crippen LogP) is -0.0378. The van der Waals surface area contributed by atoms with Crippen LogP contribution < -0.4 is 5.32 Å². The molecule has 0 aromatic rings. The molecular formula is C8H13ClN2O2. The van der Waals surface area contributed by atoms with Gasteiger partial charge in [0.2, 0.25) is 11.8 Å². The summed E-state index contributed by atoms with van der Waals surface area (Å²) in [5.74, 6) is 0.395. The molecule has 74 valence electrons. The summed E-state index contributed by atoms with van der Waals surface area (Å²) in [6.45, 7) is 2.42. The molecule has 2 amide bonds. The number of nitrogens with one attached hydrogen (secondary N) is 1. The van der Waals surface area contributed by atoms with Crippen molar-refractivity contribution >= 4 is 23.4 Å². The topological polar surface area (TPSA) is 49.4 Å². The lowest BCUT2D eigenvalue weighted by molar-refractivity contribution is -0.143. The van der Waals surface area contributed by atoms with E-state index in [1.807, 2.05) is 0 Å². The smallest absolute Gasteiger partial charge is 0.245 e. The molecule has 0 unspecified atom stereocenters. The number of rotatable bonds is 3. The van der Waals surface area contributed by atoms with Gasteiger partial charge in [-0.3, -0.25) is 9.59 Å². The molecule has 1 atom stereocenters. The van der Waals surface area contributed by atoms with Gasteiger partial charge in [-0.2, -0.15) is 0 Å². The number of nitrogens with zero attached hydrogens (tertiary/aromatic N) is 1. The highest BCUT2D eigenvalue weighted by Gasteiger charge is 2.28. The predicted molar refractivity (Wildman–Crippen MR) is 49.5 cm³/mol. The molecular weight excluding hydrogens is 192 g/mol. The van der Waals surface area contributed by atoms with Crippen LogP contribution in [0.25, 0.3) is 0 Å². The first kappa shape index (κ1) is 10.3. The molecule has 1 N–H and O–H groups in total. The molecule has 0 aromatic carbocycles. The standard InChI is InChI=1S/C8H13ClN2O2/c1-6-8(13)11(4-2-3-9)5-7(12)10-6/h6H,2-5H2,1H3,(H,10,12)/t6-/m1/s1. The molecule has 1 fully saturated rings. The Balaban J connectivity index is 2.51. The van der Waals surface area contributed by atoms with Gasteiger partial charge >= 0.3 is 0 Å². The van der Waals surface area contributed by atoms with Crippen molar-refractivity contribution in [3.8, 4) is 0 Å². The zero-order valence-corrected chi connectivity index (χ0v) is 8.30. The first-order chi connectivity index (χ1) is 6.15. The first-order valence-corrected chi connectivity index (χ1v) is 4.82. The summed E-state index contributed by atoms with van der Waals surface area (Å²) in [7, 11) is 0. The Bertz CT molecular complexity index is 220. The molecule has 1 aliphatic rings. The maximum atomic E-state index is 11.4. The second-order valence-corrected chi connectivity index (χ2v) is 3.47. The van der Waals surface area contributed by atoms with Gasteiger partial charge in [-0.15, -0.1) is 11.6 Å². The molecule has 1 rings (SSSR count). The average Bonchev–Trinajstić information content (AvgIpc) is 2.09. The lowest BCUT2D eigenvalue weighted by atomic mass is 10.2. The molecule has 0 spiro atoms. The Morgan fingerprint density at radius 1 is 1.62 bits per heavy atom. The Labute approximate surface area is 82.2 Å². The fraction of sp³-hybridized carbons (Fsp3) is 0.750. The summed E-state index contributed by atoms with van der Waals surface area (Å²) < 4.78 is 0. The molecule has 1 heterocycles. The van der Waals surface area contributed by atoms with Crippen molar-refractivity contribution in [2.24, 2.45) is 0 Å². The van der Waals surface area contributed by atoms with Crippen LogP contribution >= 0.6 is 11.6 Å². The van der Waals surface area contributed by atoms with Crippen LogP contribution in [0.3, 0.4) is 0 Å². The quantitative estimate of drug-likeness (QED) is 0.656. The maximum absolute atomic E-state index is 11.4. The summed E-state index contributed by atoms with van der Waals surface area (Å²) in [6.07, 6.45) is 0.729. The number of hydrogen-bond donors (Lipinski definition) is 1. The molecule has 13 heavy (non-hydrogen) atoms. The normalized spacial score (nSPS) is 23.2. The third kappa shape index (κ3) is 2.59. The molecule has 0 radical (unpaired) electrons. The number of carbonyl (C=O) groups excluding carboxylic acids is 2. The Kier molecular flexibility index (Phi) is 3.54. The van der Waals surface area contributed by atoms with Gasteiger partial charge in [0.15, 0.2) is 0 Å². The number of hydrogen-bond acceptors (Lipinski definition) is 2. The van der Waals surface area contributed by atoms with Crippen LogP contribution in [0.5, 0.6) is 0 Å². The van der Waals surface area contributed by atoms with E-state index in [0.29, 0.717) is 12.4 Å². The highest BCUT2D eigenvalue weighted by atomic mass is 35.5. The summed E-state index contributed by atoms with van der Waals surface area (Å²) >= 11 is 5.50. The van der Waals surface area contributed by atoms with Crippen LogP contribution in [0.1, 0.15) is 13.3 Å². The van der Waals surface area contributed by atoms with Crippen LogP contribution in [0, 0.1) is 0 Å². The number of halogens is 1. The summed E-state index contributed by atoms with van der Waals surface area (Å²) in [5, 5.41) is 2.57. The van der Waals surface area contributed by atoms with Gasteiger partial charge < -0.3 is 10.2 Å². The molecule has 0 aliphatic carbocycles. The Morgan fingerprint density at radius 2 is 2.31 bits per heavy atom. The Hall–Kier alpha value is -0.770. The largest absolute Gasteiger partial charge is 0.343 e. The van der Waals surface area contributed by atoms with Crippen molar-refractivity contribution in [2.45, 2.75) is 19.4 Å². The van der Waals surface area contributed by atoms with Crippen molar-refractivity contribution in [3.63, 3.8) is 0 Å². The van der Waals surface area contributed by atoms with E-state index >= 15 is 0 Å². The van der Waals surface area contributed by atoms with Gasteiger partial charge in [0.05, 0.1) is 6.54 Å². The summed E-state index contributed by atoms with van der Waals surface area (Å²) in [4.78, 5) is 24.0. The fourth-order valence-corrected chi connectivity index (χ4v) is 1.43. The number of carbonyl (C=O) groups is 2. The minimum Gasteiger partial charge on any atom is -0.343 e. The fourth-order valence-electron chi connectivity index (χ4n) is 1.31. The van der Waals surface area contributed by atoms with Crippen LogP contribution in [0.2, 0.25) is 0 Å². The van der Waals surface area contributed by atoms with Crippen LogP contribution in [-0.2, 0) is 9.59 Å². The van der Waals surface area contributed by atoms with Gasteiger partial charge in [-0.25, -0.2) is 0 Å². The van der Waals surface area contributed by atoms with E-state index < -0.39 is 6.04 Å². The first-order valence-electron chi connectivity index (χ1n) is 4.29. The van der Waals surface area contributed by atoms with Gasteiger partial charge in [-0.1, -0.05) is 0 Å². The second-order valence-electron chi connectivity index (χ2n) is 3.09. The van der Waals surface area contributed by atoms with E-state index in [0.717, 1.165) is 6.42 Å². The Morgan fingerprint density at radius 3 is 2.92 bits per heavy atom. The monoisotopic (exact) mass is 204 g/mol. The lowest BCUT2D eigenvalue weighted by Crippen LogP contribution is -2.56. The lowest BCUT2D eigenvalue weighted by Gasteiger charge is -2.30. The van der Waals surface area contributed by atoms with Gasteiger partial charge in [0, 0.05) is 12.4 Å². The van der Waals surface area contributed by atoms with Crippen LogP contribution in [-0.4, -0.2) is 41.7 Å². The highest BCUT2D eigenvalue weighted by molar-refractivity contribution is 6.17.